The summed E-state index contributed by atoms with van der Waals surface area (Å²) in [6.07, 6.45) is -6.51. The lowest BCUT2D eigenvalue weighted by Crippen LogP contribution is -2.35. The van der Waals surface area contributed by atoms with Gasteiger partial charge in [-0.15, -0.1) is 0 Å². The minimum atomic E-state index is -5.08. The lowest BCUT2D eigenvalue weighted by Gasteiger charge is -2.24. The minimum Gasteiger partial charge on any atom is -0.475 e. The van der Waals surface area contributed by atoms with Crippen molar-refractivity contribution >= 4 is 29.6 Å². The van der Waals surface area contributed by atoms with E-state index in [1.807, 2.05) is 29.3 Å². The van der Waals surface area contributed by atoms with Gasteiger partial charge in [0.25, 0.3) is 5.91 Å². The van der Waals surface area contributed by atoms with Gasteiger partial charge in [0.2, 0.25) is 0 Å². The quantitative estimate of drug-likeness (QED) is 0.333. The summed E-state index contributed by atoms with van der Waals surface area (Å²) in [6, 6.07) is 11.5. The van der Waals surface area contributed by atoms with Gasteiger partial charge in [-0.3, -0.25) is 14.8 Å². The van der Waals surface area contributed by atoms with Crippen LogP contribution in [0.2, 0.25) is 0 Å². The Bertz CT molecular complexity index is 1420. The first-order valence-corrected chi connectivity index (χ1v) is 12.3. The second kappa shape index (κ2) is 17.3. The van der Waals surface area contributed by atoms with Crippen LogP contribution in [0.4, 0.5) is 45.3 Å². The SMILES string of the molecule is O=C(O)C(F)(F)F.O=C(O)C(F)(F)F.O=C(O)C(F)(F)F.O=C(c1ccncc1)N1CCN(Cc2cccnc2)c2ncccc2C1. The van der Waals surface area contributed by atoms with Crippen molar-refractivity contribution in [3.05, 3.63) is 84.1 Å². The minimum absolute atomic E-state index is 0.0189. The van der Waals surface area contributed by atoms with E-state index in [-0.39, 0.29) is 5.91 Å². The zero-order chi connectivity index (χ0) is 36.0. The van der Waals surface area contributed by atoms with Crippen LogP contribution in [-0.4, -0.2) is 90.6 Å². The average molecular weight is 687 g/mol. The van der Waals surface area contributed by atoms with Crippen molar-refractivity contribution in [1.29, 1.82) is 0 Å². The molecular formula is C26H22F9N5O7. The fourth-order valence-corrected chi connectivity index (χ4v) is 3.19. The van der Waals surface area contributed by atoms with Crippen LogP contribution in [0.5, 0.6) is 0 Å². The van der Waals surface area contributed by atoms with Crippen molar-refractivity contribution in [2.75, 3.05) is 18.0 Å². The van der Waals surface area contributed by atoms with Crippen LogP contribution in [0.15, 0.2) is 67.4 Å². The van der Waals surface area contributed by atoms with Crippen molar-refractivity contribution in [1.82, 2.24) is 19.9 Å². The van der Waals surface area contributed by atoms with Gasteiger partial charge in [0, 0.05) is 68.3 Å². The molecule has 12 nitrogen and oxygen atoms in total. The fourth-order valence-electron chi connectivity index (χ4n) is 3.19. The molecule has 0 bridgehead atoms. The van der Waals surface area contributed by atoms with Gasteiger partial charge in [-0.05, 0) is 29.8 Å². The van der Waals surface area contributed by atoms with E-state index in [1.54, 1.807) is 36.9 Å². The number of anilines is 1. The fraction of sp³-hybridized carbons (Fsp3) is 0.269. The molecule has 0 aromatic carbocycles. The van der Waals surface area contributed by atoms with Crippen molar-refractivity contribution in [2.24, 2.45) is 0 Å². The average Bonchev–Trinajstić information content (AvgIpc) is 3.17. The molecule has 0 aliphatic carbocycles. The molecule has 4 rings (SSSR count). The number of fused-ring (bicyclic) bond motifs is 1. The number of amides is 1. The van der Waals surface area contributed by atoms with Gasteiger partial charge in [0.1, 0.15) is 5.82 Å². The Morgan fingerprint density at radius 2 is 1.17 bits per heavy atom. The van der Waals surface area contributed by atoms with Crippen LogP contribution in [0.1, 0.15) is 21.5 Å². The predicted molar refractivity (Wildman–Crippen MR) is 140 cm³/mol. The van der Waals surface area contributed by atoms with Crippen LogP contribution >= 0.6 is 0 Å². The topological polar surface area (TPSA) is 174 Å². The van der Waals surface area contributed by atoms with Crippen molar-refractivity contribution in [3.63, 3.8) is 0 Å². The summed E-state index contributed by atoms with van der Waals surface area (Å²) in [6.45, 7) is 2.62. The molecule has 0 atom stereocenters. The number of aliphatic carboxylic acids is 3. The molecule has 0 saturated carbocycles. The van der Waals surface area contributed by atoms with Crippen LogP contribution in [-0.2, 0) is 27.5 Å². The Kier molecular flexibility index (Phi) is 14.5. The first-order valence-electron chi connectivity index (χ1n) is 12.3. The molecule has 0 unspecified atom stereocenters. The molecule has 0 saturated heterocycles. The second-order valence-corrected chi connectivity index (χ2v) is 8.64. The molecule has 4 heterocycles. The normalized spacial score (nSPS) is 12.7. The molecule has 1 amide bonds. The number of rotatable bonds is 3. The lowest BCUT2D eigenvalue weighted by molar-refractivity contribution is -0.193. The molecule has 21 heteroatoms. The third-order valence-corrected chi connectivity index (χ3v) is 5.21. The largest absolute Gasteiger partial charge is 0.490 e. The Balaban J connectivity index is 0.000000430. The first kappa shape index (κ1) is 39.5. The molecule has 0 spiro atoms. The summed E-state index contributed by atoms with van der Waals surface area (Å²) < 4.78 is 95.2. The maximum Gasteiger partial charge on any atom is 0.490 e. The van der Waals surface area contributed by atoms with E-state index in [9.17, 15) is 44.3 Å². The van der Waals surface area contributed by atoms with Crippen LogP contribution in [0.3, 0.4) is 0 Å². The number of pyridine rings is 3. The third-order valence-electron chi connectivity index (χ3n) is 5.21. The number of carboxylic acids is 3. The molecular weight excluding hydrogens is 665 g/mol. The van der Waals surface area contributed by atoms with Gasteiger partial charge in [0.15, 0.2) is 0 Å². The van der Waals surface area contributed by atoms with Gasteiger partial charge >= 0.3 is 36.4 Å². The highest BCUT2D eigenvalue weighted by Crippen LogP contribution is 2.25. The maximum absolute atomic E-state index is 12.9. The van der Waals surface area contributed by atoms with Crippen molar-refractivity contribution in [2.45, 2.75) is 31.6 Å². The first-order chi connectivity index (χ1) is 21.6. The summed E-state index contributed by atoms with van der Waals surface area (Å²) >= 11 is 0. The molecule has 1 aliphatic rings. The van der Waals surface area contributed by atoms with Crippen molar-refractivity contribution < 1.29 is 74.0 Å². The number of alkyl halides is 9. The van der Waals surface area contributed by atoms with Gasteiger partial charge in [0.05, 0.1) is 0 Å². The zero-order valence-corrected chi connectivity index (χ0v) is 23.3. The van der Waals surface area contributed by atoms with E-state index in [0.717, 1.165) is 30.0 Å². The molecule has 0 fully saturated rings. The van der Waals surface area contributed by atoms with Crippen LogP contribution in [0, 0.1) is 0 Å². The summed E-state index contributed by atoms with van der Waals surface area (Å²) in [7, 11) is 0. The highest BCUT2D eigenvalue weighted by Gasteiger charge is 2.39. The van der Waals surface area contributed by atoms with Gasteiger partial charge in [-0.1, -0.05) is 12.1 Å². The number of nitrogens with zero attached hydrogens (tertiary/aromatic N) is 5. The van der Waals surface area contributed by atoms with Gasteiger partial charge in [-0.25, -0.2) is 19.4 Å². The third kappa shape index (κ3) is 14.4. The Labute approximate surface area is 257 Å². The molecule has 256 valence electrons. The summed E-state index contributed by atoms with van der Waals surface area (Å²) in [5.41, 5.74) is 2.83. The number of hydrogen-bond acceptors (Lipinski definition) is 8. The number of aromatic nitrogens is 3. The molecule has 3 aromatic heterocycles. The maximum atomic E-state index is 12.9. The molecule has 47 heavy (non-hydrogen) atoms. The standard InChI is InChI=1S/C20H19N5O.3C2HF3O2/c26-20(17-5-9-21-10-6-17)25-12-11-24(14-16-3-1-7-22-13-16)19-18(15-25)4-2-8-23-19;3*3-2(4,5)1(6)7/h1-10,13H,11-12,14-15H2;3*(H,6,7). The van der Waals surface area contributed by atoms with E-state index in [4.69, 9.17) is 29.7 Å². The Morgan fingerprint density at radius 1 is 0.681 bits per heavy atom. The van der Waals surface area contributed by atoms with Crippen molar-refractivity contribution in [3.8, 4) is 0 Å². The molecule has 3 N–H and O–H groups in total. The van der Waals surface area contributed by atoms with Gasteiger partial charge < -0.3 is 25.1 Å². The highest BCUT2D eigenvalue weighted by molar-refractivity contribution is 5.94. The number of hydrogen-bond donors (Lipinski definition) is 3. The number of carboxylic acid groups (broad SMARTS) is 3. The van der Waals surface area contributed by atoms with Gasteiger partial charge in [-0.2, -0.15) is 39.5 Å². The summed E-state index contributed by atoms with van der Waals surface area (Å²) in [4.78, 5) is 56.4. The lowest BCUT2D eigenvalue weighted by atomic mass is 10.2. The number of carbonyl (C=O) groups is 4. The second-order valence-electron chi connectivity index (χ2n) is 8.64. The highest BCUT2D eigenvalue weighted by atomic mass is 19.4. The zero-order valence-electron chi connectivity index (χ0n) is 23.3. The summed E-state index contributed by atoms with van der Waals surface area (Å²) in [5, 5.41) is 21.4. The van der Waals surface area contributed by atoms with E-state index >= 15 is 0 Å². The van der Waals surface area contributed by atoms with E-state index in [2.05, 4.69) is 25.9 Å². The number of carbonyl (C=O) groups excluding carboxylic acids is 1. The van der Waals surface area contributed by atoms with E-state index < -0.39 is 36.4 Å². The van der Waals surface area contributed by atoms with E-state index in [1.165, 1.54) is 0 Å². The summed E-state index contributed by atoms with van der Waals surface area (Å²) in [5.74, 6) is -7.32. The molecule has 3 aromatic rings. The van der Waals surface area contributed by atoms with Crippen LogP contribution in [0.25, 0.3) is 0 Å². The van der Waals surface area contributed by atoms with E-state index in [0.29, 0.717) is 18.7 Å². The Hall–Kier alpha value is -5.50. The smallest absolute Gasteiger partial charge is 0.475 e. The van der Waals surface area contributed by atoms with Crippen LogP contribution < -0.4 is 4.90 Å². The Morgan fingerprint density at radius 3 is 1.62 bits per heavy atom. The number of halogens is 9. The molecule has 1 aliphatic heterocycles. The molecule has 0 radical (unpaired) electrons. The predicted octanol–water partition coefficient (Wildman–Crippen LogP) is 4.43. The monoisotopic (exact) mass is 687 g/mol.